The van der Waals surface area contributed by atoms with E-state index in [1.165, 1.54) is 6.07 Å². The number of rotatable bonds is 5. The molecule has 0 bridgehead atoms. The topological polar surface area (TPSA) is 49.8 Å². The maximum Gasteiger partial charge on any atom is 0.387 e. The highest BCUT2D eigenvalue weighted by Crippen LogP contribution is 2.30. The molecule has 0 spiro atoms. The molecule has 122 valence electrons. The largest absolute Gasteiger partial charge is 0.481 e. The zero-order valence-electron chi connectivity index (χ0n) is 12.1. The normalized spacial score (nSPS) is 22.8. The maximum absolute atomic E-state index is 12.2. The summed E-state index contributed by atoms with van der Waals surface area (Å²) in [6.07, 6.45) is 1.53. The number of carbonyl (C=O) groups is 1. The third-order valence-corrected chi connectivity index (χ3v) is 4.65. The van der Waals surface area contributed by atoms with Crippen LogP contribution in [0.3, 0.4) is 0 Å². The van der Waals surface area contributed by atoms with Gasteiger partial charge in [0.05, 0.1) is 10.4 Å². The Bertz CT molecular complexity index is 542. The third-order valence-electron chi connectivity index (χ3n) is 4.03. The molecule has 1 aliphatic heterocycles. The van der Waals surface area contributed by atoms with Crippen molar-refractivity contribution in [3.63, 3.8) is 0 Å². The summed E-state index contributed by atoms with van der Waals surface area (Å²) in [5.41, 5.74) is 0.923. The van der Waals surface area contributed by atoms with Crippen molar-refractivity contribution in [3.8, 4) is 5.75 Å². The minimum absolute atomic E-state index is 0.0537. The summed E-state index contributed by atoms with van der Waals surface area (Å²) >= 11 is 3.22. The Kier molecular flexibility index (Phi) is 5.74. The summed E-state index contributed by atoms with van der Waals surface area (Å²) in [4.78, 5) is 13.4. The Morgan fingerprint density at radius 1 is 1.55 bits per heavy atom. The summed E-state index contributed by atoms with van der Waals surface area (Å²) in [5, 5.41) is 9.24. The molecule has 1 N–H and O–H groups in total. The molecule has 1 heterocycles. The molecule has 4 nitrogen and oxygen atoms in total. The molecule has 2 rings (SSSR count). The molecule has 0 saturated carbocycles. The number of halogens is 3. The number of alkyl halides is 2. The molecule has 1 fully saturated rings. The second-order valence-electron chi connectivity index (χ2n) is 5.44. The monoisotopic (exact) mass is 377 g/mol. The van der Waals surface area contributed by atoms with Crippen LogP contribution in [0.15, 0.2) is 22.7 Å². The Morgan fingerprint density at radius 3 is 2.86 bits per heavy atom. The van der Waals surface area contributed by atoms with Crippen molar-refractivity contribution in [3.05, 3.63) is 28.2 Å². The molecule has 1 aromatic rings. The van der Waals surface area contributed by atoms with E-state index in [9.17, 15) is 18.7 Å². The molecule has 22 heavy (non-hydrogen) atoms. The van der Waals surface area contributed by atoms with Gasteiger partial charge >= 0.3 is 12.6 Å². The number of nitrogens with zero attached hydrogens (tertiary/aromatic N) is 1. The lowest BCUT2D eigenvalue weighted by molar-refractivity contribution is -0.145. The van der Waals surface area contributed by atoms with Crippen LogP contribution in [0, 0.1) is 5.92 Å². The lowest BCUT2D eigenvalue weighted by Crippen LogP contribution is -2.45. The van der Waals surface area contributed by atoms with Gasteiger partial charge < -0.3 is 9.84 Å². The Morgan fingerprint density at radius 2 is 2.27 bits per heavy atom. The van der Waals surface area contributed by atoms with Crippen molar-refractivity contribution >= 4 is 21.9 Å². The van der Waals surface area contributed by atoms with Crippen LogP contribution < -0.4 is 4.74 Å². The summed E-state index contributed by atoms with van der Waals surface area (Å²) in [6.45, 7) is 0.470. The van der Waals surface area contributed by atoms with Gasteiger partial charge in [0, 0.05) is 12.6 Å². The van der Waals surface area contributed by atoms with E-state index in [1.54, 1.807) is 12.1 Å². The SMILES string of the molecule is C[C@@H]1[C@H](C(=O)O)CCCN1Cc1ccc(OC(F)F)c(Br)c1. The van der Waals surface area contributed by atoms with Crippen molar-refractivity contribution in [2.45, 2.75) is 39.0 Å². The van der Waals surface area contributed by atoms with Gasteiger partial charge in [-0.05, 0) is 59.9 Å². The van der Waals surface area contributed by atoms with Gasteiger partial charge in [-0.25, -0.2) is 0 Å². The van der Waals surface area contributed by atoms with Crippen LogP contribution in [0.4, 0.5) is 8.78 Å². The standard InChI is InChI=1S/C15H18BrF2NO3/c1-9-11(14(20)21)3-2-6-19(9)8-10-4-5-13(12(16)7-10)22-15(17)18/h4-5,7,9,11,15H,2-3,6,8H2,1H3,(H,20,21)/t9-,11-/m1/s1. The van der Waals surface area contributed by atoms with Crippen LogP contribution in [-0.2, 0) is 11.3 Å². The first-order valence-electron chi connectivity index (χ1n) is 7.08. The van der Waals surface area contributed by atoms with Gasteiger partial charge in [0.2, 0.25) is 0 Å². The molecule has 0 aromatic heterocycles. The second kappa shape index (κ2) is 7.37. The maximum atomic E-state index is 12.2. The first kappa shape index (κ1) is 17.1. The van der Waals surface area contributed by atoms with Gasteiger partial charge in [-0.2, -0.15) is 8.78 Å². The van der Waals surface area contributed by atoms with Gasteiger partial charge in [0.25, 0.3) is 0 Å². The predicted octanol–water partition coefficient (Wildman–Crippen LogP) is 3.74. The zero-order chi connectivity index (χ0) is 16.3. The van der Waals surface area contributed by atoms with Crippen molar-refractivity contribution in [1.82, 2.24) is 4.90 Å². The molecule has 0 unspecified atom stereocenters. The van der Waals surface area contributed by atoms with Crippen LogP contribution >= 0.6 is 15.9 Å². The van der Waals surface area contributed by atoms with Crippen molar-refractivity contribution in [2.75, 3.05) is 6.54 Å². The van der Waals surface area contributed by atoms with Crippen LogP contribution in [0.5, 0.6) is 5.75 Å². The van der Waals surface area contributed by atoms with Gasteiger partial charge in [0.15, 0.2) is 0 Å². The van der Waals surface area contributed by atoms with E-state index in [1.807, 2.05) is 6.92 Å². The molecular formula is C15H18BrF2NO3. The van der Waals surface area contributed by atoms with E-state index < -0.39 is 12.6 Å². The average Bonchev–Trinajstić information content (AvgIpc) is 2.43. The minimum Gasteiger partial charge on any atom is -0.481 e. The number of carboxylic acid groups (broad SMARTS) is 1. The fraction of sp³-hybridized carbons (Fsp3) is 0.533. The number of likely N-dealkylation sites (tertiary alicyclic amines) is 1. The number of carboxylic acids is 1. The Balaban J connectivity index is 2.07. The molecule has 1 saturated heterocycles. The summed E-state index contributed by atoms with van der Waals surface area (Å²) < 4.78 is 29.3. The van der Waals surface area contributed by atoms with Crippen molar-refractivity contribution < 1.29 is 23.4 Å². The summed E-state index contributed by atoms with van der Waals surface area (Å²) in [7, 11) is 0. The van der Waals surface area contributed by atoms with Crippen LogP contribution in [0.25, 0.3) is 0 Å². The molecule has 1 aliphatic rings. The Labute approximate surface area is 136 Å². The number of piperidine rings is 1. The fourth-order valence-electron chi connectivity index (χ4n) is 2.84. The number of hydrogen-bond acceptors (Lipinski definition) is 3. The summed E-state index contributed by atoms with van der Waals surface area (Å²) in [5.74, 6) is -1.04. The molecule has 0 amide bonds. The lowest BCUT2D eigenvalue weighted by Gasteiger charge is -2.37. The van der Waals surface area contributed by atoms with Gasteiger partial charge in [0.1, 0.15) is 5.75 Å². The number of benzene rings is 1. The molecular weight excluding hydrogens is 360 g/mol. The average molecular weight is 378 g/mol. The van der Waals surface area contributed by atoms with Crippen LogP contribution in [0.1, 0.15) is 25.3 Å². The second-order valence-corrected chi connectivity index (χ2v) is 6.30. The number of ether oxygens (including phenoxy) is 1. The van der Waals surface area contributed by atoms with E-state index in [0.717, 1.165) is 18.5 Å². The first-order valence-corrected chi connectivity index (χ1v) is 7.88. The van der Waals surface area contributed by atoms with Crippen LogP contribution in [-0.4, -0.2) is 35.2 Å². The number of aliphatic carboxylic acids is 1. The van der Waals surface area contributed by atoms with E-state index in [-0.39, 0.29) is 17.7 Å². The van der Waals surface area contributed by atoms with E-state index in [4.69, 9.17) is 0 Å². The quantitative estimate of drug-likeness (QED) is 0.848. The van der Waals surface area contributed by atoms with Crippen molar-refractivity contribution in [1.29, 1.82) is 0 Å². The minimum atomic E-state index is -2.86. The molecule has 0 radical (unpaired) electrons. The lowest BCUT2D eigenvalue weighted by atomic mass is 9.90. The van der Waals surface area contributed by atoms with Gasteiger partial charge in [-0.1, -0.05) is 6.07 Å². The van der Waals surface area contributed by atoms with Gasteiger partial charge in [-0.3, -0.25) is 9.69 Å². The fourth-order valence-corrected chi connectivity index (χ4v) is 3.35. The van der Waals surface area contributed by atoms with Gasteiger partial charge in [-0.15, -0.1) is 0 Å². The number of hydrogen-bond donors (Lipinski definition) is 1. The Hall–Kier alpha value is -1.21. The van der Waals surface area contributed by atoms with E-state index in [2.05, 4.69) is 25.6 Å². The first-order chi connectivity index (χ1) is 10.4. The highest BCUT2D eigenvalue weighted by Gasteiger charge is 2.32. The third kappa shape index (κ3) is 4.16. The predicted molar refractivity (Wildman–Crippen MR) is 81.0 cm³/mol. The molecule has 1 aromatic carbocycles. The van der Waals surface area contributed by atoms with Crippen molar-refractivity contribution in [2.24, 2.45) is 5.92 Å². The highest BCUT2D eigenvalue weighted by atomic mass is 79.9. The molecule has 0 aliphatic carbocycles. The highest BCUT2D eigenvalue weighted by molar-refractivity contribution is 9.10. The smallest absolute Gasteiger partial charge is 0.387 e. The molecule has 7 heteroatoms. The van der Waals surface area contributed by atoms with E-state index in [0.29, 0.717) is 17.4 Å². The summed E-state index contributed by atoms with van der Waals surface area (Å²) in [6, 6.07) is 4.89. The van der Waals surface area contributed by atoms with E-state index >= 15 is 0 Å². The zero-order valence-corrected chi connectivity index (χ0v) is 13.7. The molecule has 2 atom stereocenters. The van der Waals surface area contributed by atoms with Crippen LogP contribution in [0.2, 0.25) is 0 Å².